The second-order valence-corrected chi connectivity index (χ2v) is 7.58. The van der Waals surface area contributed by atoms with E-state index in [0.29, 0.717) is 11.3 Å². The summed E-state index contributed by atoms with van der Waals surface area (Å²) in [5, 5.41) is 12.5. The average molecular weight is 390 g/mol. The van der Waals surface area contributed by atoms with Gasteiger partial charge in [0.2, 0.25) is 0 Å². The number of phenolic OH excluding ortho intramolecular Hbond substituents is 1. The van der Waals surface area contributed by atoms with Crippen molar-refractivity contribution in [3.63, 3.8) is 0 Å². The molecule has 1 aliphatic heterocycles. The van der Waals surface area contributed by atoms with Crippen molar-refractivity contribution in [2.45, 2.75) is 12.3 Å². The van der Waals surface area contributed by atoms with Gasteiger partial charge in [-0.25, -0.2) is 0 Å². The lowest BCUT2D eigenvalue weighted by atomic mass is 9.89. The van der Waals surface area contributed by atoms with Crippen molar-refractivity contribution in [1.82, 2.24) is 0 Å². The van der Waals surface area contributed by atoms with Crippen LogP contribution in [0.3, 0.4) is 0 Å². The zero-order valence-corrected chi connectivity index (χ0v) is 15.4. The fourth-order valence-corrected chi connectivity index (χ4v) is 4.47. The molecule has 6 heteroatoms. The number of rotatable bonds is 2. The standard InChI is InChI=1S/C22H14O5S/c23-14-10-16(12-5-2-1-3-6-12)27-22-20-13(18-7-4-8-28-18)9-19(25)26-17(20)11-15(24)21(14)22/h1-8,10-11,13,24H,9H2. The zero-order chi connectivity index (χ0) is 19.3. The molecule has 0 spiro atoms. The van der Waals surface area contributed by atoms with Gasteiger partial charge < -0.3 is 14.3 Å². The number of ether oxygens (including phenoxy) is 1. The van der Waals surface area contributed by atoms with Crippen molar-refractivity contribution in [3.05, 3.63) is 80.6 Å². The molecule has 1 N–H and O–H groups in total. The fourth-order valence-electron chi connectivity index (χ4n) is 3.64. The van der Waals surface area contributed by atoms with Crippen LogP contribution in [0.25, 0.3) is 22.3 Å². The molecule has 0 fully saturated rings. The lowest BCUT2D eigenvalue weighted by Crippen LogP contribution is -2.21. The zero-order valence-electron chi connectivity index (χ0n) is 14.5. The molecule has 138 valence electrons. The van der Waals surface area contributed by atoms with Crippen molar-refractivity contribution >= 4 is 28.3 Å². The first-order valence-corrected chi connectivity index (χ1v) is 9.63. The lowest BCUT2D eigenvalue weighted by Gasteiger charge is -2.25. The van der Waals surface area contributed by atoms with Gasteiger partial charge in [0.15, 0.2) is 5.43 Å². The minimum Gasteiger partial charge on any atom is -0.507 e. The van der Waals surface area contributed by atoms with Gasteiger partial charge in [0.25, 0.3) is 0 Å². The second kappa shape index (κ2) is 6.35. The van der Waals surface area contributed by atoms with Gasteiger partial charge in [-0.05, 0) is 11.4 Å². The number of thiophene rings is 1. The van der Waals surface area contributed by atoms with Gasteiger partial charge in [0.05, 0.1) is 6.42 Å². The second-order valence-electron chi connectivity index (χ2n) is 6.60. The summed E-state index contributed by atoms with van der Waals surface area (Å²) >= 11 is 1.52. The maximum Gasteiger partial charge on any atom is 0.312 e. The monoisotopic (exact) mass is 390 g/mol. The summed E-state index contributed by atoms with van der Waals surface area (Å²) in [7, 11) is 0. The van der Waals surface area contributed by atoms with E-state index in [0.717, 1.165) is 10.4 Å². The first-order chi connectivity index (χ1) is 13.6. The Balaban J connectivity index is 1.86. The molecule has 1 atom stereocenters. The Labute approximate surface area is 163 Å². The predicted octanol–water partition coefficient (Wildman–Crippen LogP) is 4.67. The van der Waals surface area contributed by atoms with Crippen molar-refractivity contribution in [1.29, 1.82) is 0 Å². The van der Waals surface area contributed by atoms with Crippen molar-refractivity contribution in [2.75, 3.05) is 0 Å². The van der Waals surface area contributed by atoms with Gasteiger partial charge in [0.1, 0.15) is 28.2 Å². The Bertz CT molecular complexity index is 1260. The molecule has 0 aliphatic carbocycles. The van der Waals surface area contributed by atoms with Crippen molar-refractivity contribution < 1.29 is 19.1 Å². The topological polar surface area (TPSA) is 76.7 Å². The number of benzene rings is 2. The summed E-state index contributed by atoms with van der Waals surface area (Å²) in [6, 6.07) is 15.8. The Morgan fingerprint density at radius 1 is 1.04 bits per heavy atom. The maximum absolute atomic E-state index is 12.8. The highest BCUT2D eigenvalue weighted by molar-refractivity contribution is 7.10. The highest BCUT2D eigenvalue weighted by Crippen LogP contribution is 2.46. The SMILES string of the molecule is O=C1CC(c2cccs2)c2c(cc(O)c3c(=O)cc(-c4ccccc4)oc23)O1. The fraction of sp³-hybridized carbons (Fsp3) is 0.0909. The first kappa shape index (κ1) is 16.8. The number of carbonyl (C=O) groups is 1. The third-order valence-electron chi connectivity index (χ3n) is 4.87. The molecule has 1 unspecified atom stereocenters. The molecule has 3 heterocycles. The van der Waals surface area contributed by atoms with E-state index < -0.39 is 0 Å². The van der Waals surface area contributed by atoms with Crippen LogP contribution >= 0.6 is 11.3 Å². The summed E-state index contributed by atoms with van der Waals surface area (Å²) in [5.41, 5.74) is 1.28. The molecule has 0 amide bonds. The van der Waals surface area contributed by atoms with E-state index in [9.17, 15) is 14.7 Å². The van der Waals surface area contributed by atoms with Crippen LogP contribution in [0.2, 0.25) is 0 Å². The van der Waals surface area contributed by atoms with Crippen LogP contribution in [-0.2, 0) is 4.79 Å². The largest absolute Gasteiger partial charge is 0.507 e. The van der Waals surface area contributed by atoms with E-state index in [2.05, 4.69) is 0 Å². The molecule has 0 saturated carbocycles. The summed E-state index contributed by atoms with van der Waals surface area (Å²) in [5.74, 6) is -0.317. The Kier molecular flexibility index (Phi) is 3.80. The molecule has 0 saturated heterocycles. The maximum atomic E-state index is 12.8. The van der Waals surface area contributed by atoms with Gasteiger partial charge in [-0.1, -0.05) is 36.4 Å². The number of hydrogen-bond acceptors (Lipinski definition) is 6. The molecule has 0 radical (unpaired) electrons. The molecule has 2 aromatic heterocycles. The third-order valence-corrected chi connectivity index (χ3v) is 5.86. The molecule has 1 aliphatic rings. The normalized spacial score (nSPS) is 16.0. The molecule has 5 nitrogen and oxygen atoms in total. The highest BCUT2D eigenvalue weighted by Gasteiger charge is 2.34. The van der Waals surface area contributed by atoms with Gasteiger partial charge in [0, 0.05) is 34.1 Å². The Morgan fingerprint density at radius 3 is 2.61 bits per heavy atom. The smallest absolute Gasteiger partial charge is 0.312 e. The van der Waals surface area contributed by atoms with Crippen LogP contribution < -0.4 is 10.2 Å². The minimum absolute atomic E-state index is 0.0953. The number of hydrogen-bond donors (Lipinski definition) is 1. The first-order valence-electron chi connectivity index (χ1n) is 8.75. The molecule has 4 aromatic rings. The predicted molar refractivity (Wildman–Crippen MR) is 106 cm³/mol. The number of aromatic hydroxyl groups is 1. The molecule has 5 rings (SSSR count). The van der Waals surface area contributed by atoms with Crippen LogP contribution in [0.1, 0.15) is 22.8 Å². The van der Waals surface area contributed by atoms with Crippen LogP contribution in [0.5, 0.6) is 11.5 Å². The van der Waals surface area contributed by atoms with E-state index >= 15 is 0 Å². The highest BCUT2D eigenvalue weighted by atomic mass is 32.1. The number of carbonyl (C=O) groups excluding carboxylic acids is 1. The lowest BCUT2D eigenvalue weighted by molar-refractivity contribution is -0.135. The van der Waals surface area contributed by atoms with E-state index in [1.54, 1.807) is 0 Å². The van der Waals surface area contributed by atoms with Crippen molar-refractivity contribution in [2.24, 2.45) is 0 Å². The third kappa shape index (κ3) is 2.61. The summed E-state index contributed by atoms with van der Waals surface area (Å²) in [6.45, 7) is 0. The van der Waals surface area contributed by atoms with Gasteiger partial charge >= 0.3 is 5.97 Å². The van der Waals surface area contributed by atoms with E-state index in [1.807, 2.05) is 47.8 Å². The van der Waals surface area contributed by atoms with Gasteiger partial charge in [-0.3, -0.25) is 9.59 Å². The Morgan fingerprint density at radius 2 is 1.86 bits per heavy atom. The van der Waals surface area contributed by atoms with Crippen LogP contribution in [0.15, 0.2) is 69.2 Å². The molecule has 28 heavy (non-hydrogen) atoms. The Hall–Kier alpha value is -3.38. The van der Waals surface area contributed by atoms with E-state index in [1.165, 1.54) is 23.5 Å². The van der Waals surface area contributed by atoms with Crippen LogP contribution in [-0.4, -0.2) is 11.1 Å². The summed E-state index contributed by atoms with van der Waals surface area (Å²) in [4.78, 5) is 25.9. The molecular weight excluding hydrogens is 376 g/mol. The minimum atomic E-state index is -0.383. The summed E-state index contributed by atoms with van der Waals surface area (Å²) in [6.07, 6.45) is 0.145. The quantitative estimate of drug-likeness (QED) is 0.398. The van der Waals surface area contributed by atoms with E-state index in [4.69, 9.17) is 9.15 Å². The van der Waals surface area contributed by atoms with Crippen molar-refractivity contribution in [3.8, 4) is 22.8 Å². The number of fused-ring (bicyclic) bond motifs is 3. The number of esters is 1. The van der Waals surface area contributed by atoms with Gasteiger partial charge in [-0.2, -0.15) is 0 Å². The summed E-state index contributed by atoms with van der Waals surface area (Å²) < 4.78 is 11.5. The van der Waals surface area contributed by atoms with Crippen LogP contribution in [0.4, 0.5) is 0 Å². The molecule has 0 bridgehead atoms. The van der Waals surface area contributed by atoms with Crippen LogP contribution in [0, 0.1) is 0 Å². The average Bonchev–Trinajstić information content (AvgIpc) is 3.22. The number of phenols is 1. The molecule has 2 aromatic carbocycles. The van der Waals surface area contributed by atoms with E-state index in [-0.39, 0.29) is 46.2 Å². The van der Waals surface area contributed by atoms with Gasteiger partial charge in [-0.15, -0.1) is 11.3 Å². The molecular formula is C22H14O5S.